The Labute approximate surface area is 134 Å². The number of alkyl halides is 1. The van der Waals surface area contributed by atoms with Crippen molar-refractivity contribution >= 4 is 17.3 Å². The summed E-state index contributed by atoms with van der Waals surface area (Å²) >= 11 is 0. The van der Waals surface area contributed by atoms with E-state index < -0.39 is 6.17 Å². The first-order chi connectivity index (χ1) is 11.2. The topological polar surface area (TPSA) is 48.7 Å². The monoisotopic (exact) mass is 316 g/mol. The first kappa shape index (κ1) is 13.5. The summed E-state index contributed by atoms with van der Waals surface area (Å²) in [5.41, 5.74) is 1.34. The van der Waals surface area contributed by atoms with Crippen LogP contribution in [0.4, 0.5) is 16.2 Å². The molecule has 1 atom stereocenters. The average Bonchev–Trinajstić information content (AvgIpc) is 2.89. The van der Waals surface area contributed by atoms with Gasteiger partial charge in [0.05, 0.1) is 18.3 Å². The summed E-state index contributed by atoms with van der Waals surface area (Å²) in [4.78, 5) is 13.5. The molecule has 0 radical (unpaired) electrons. The first-order valence-electron chi connectivity index (χ1n) is 8.45. The number of fused-ring (bicyclic) bond motifs is 1. The van der Waals surface area contributed by atoms with Crippen molar-refractivity contribution in [2.75, 3.05) is 42.5 Å². The molecular formula is C16H21FN6. The molecule has 6 nitrogen and oxygen atoms in total. The van der Waals surface area contributed by atoms with Crippen molar-refractivity contribution in [2.24, 2.45) is 0 Å². The summed E-state index contributed by atoms with van der Waals surface area (Å²) in [5, 5.41) is 3.53. The molecule has 122 valence electrons. The van der Waals surface area contributed by atoms with Crippen LogP contribution in [0, 0.1) is 0 Å². The smallest absolute Gasteiger partial charge is 0.210 e. The summed E-state index contributed by atoms with van der Waals surface area (Å²) in [6, 6.07) is 0. The van der Waals surface area contributed by atoms with E-state index in [0.717, 1.165) is 49.9 Å². The molecule has 0 aromatic carbocycles. The zero-order valence-electron chi connectivity index (χ0n) is 13.1. The van der Waals surface area contributed by atoms with Gasteiger partial charge in [-0.25, -0.2) is 14.4 Å². The van der Waals surface area contributed by atoms with Gasteiger partial charge in [0, 0.05) is 32.0 Å². The molecule has 0 aliphatic carbocycles. The molecule has 0 bridgehead atoms. The second-order valence-corrected chi connectivity index (χ2v) is 7.06. The van der Waals surface area contributed by atoms with E-state index in [0.29, 0.717) is 18.5 Å². The fraction of sp³-hybridized carbons (Fsp3) is 0.625. The Balaban J connectivity index is 1.46. The summed E-state index contributed by atoms with van der Waals surface area (Å²) in [5.74, 6) is 1.82. The number of nitrogens with zero attached hydrogens (tertiary/aromatic N) is 5. The Hall–Kier alpha value is -1.89. The number of imidazole rings is 1. The number of halogens is 1. The van der Waals surface area contributed by atoms with Crippen molar-refractivity contribution in [1.29, 1.82) is 0 Å². The Kier molecular flexibility index (Phi) is 2.83. The molecule has 7 heteroatoms. The van der Waals surface area contributed by atoms with Crippen LogP contribution in [0.5, 0.6) is 0 Å². The molecule has 5 heterocycles. The standard InChI is InChI=1S/C16H21FN6/c17-12-2-1-6-21(9-12)15-19-8-13-14(18-5-7-23(13)15)22-10-16(11-22)3-4-20-16/h5,7-8,12,20H,1-4,6,9-11H2. The molecule has 3 fully saturated rings. The molecule has 3 aliphatic heterocycles. The van der Waals surface area contributed by atoms with Crippen LogP contribution in [-0.2, 0) is 0 Å². The van der Waals surface area contributed by atoms with Gasteiger partial charge in [0.2, 0.25) is 5.95 Å². The van der Waals surface area contributed by atoms with E-state index in [2.05, 4.69) is 29.5 Å². The highest BCUT2D eigenvalue weighted by Crippen LogP contribution is 2.35. The normalized spacial score (nSPS) is 26.4. The Morgan fingerprint density at radius 3 is 2.87 bits per heavy atom. The quantitative estimate of drug-likeness (QED) is 0.903. The minimum Gasteiger partial charge on any atom is -0.351 e. The highest BCUT2D eigenvalue weighted by Gasteiger charge is 2.48. The molecule has 3 saturated heterocycles. The van der Waals surface area contributed by atoms with Gasteiger partial charge in [-0.2, -0.15) is 0 Å². The molecule has 1 unspecified atom stereocenters. The van der Waals surface area contributed by atoms with Gasteiger partial charge in [-0.05, 0) is 25.8 Å². The Morgan fingerprint density at radius 2 is 2.13 bits per heavy atom. The number of hydrogen-bond acceptors (Lipinski definition) is 5. The number of nitrogens with one attached hydrogen (secondary N) is 1. The summed E-state index contributed by atoms with van der Waals surface area (Å²) in [7, 11) is 0. The maximum atomic E-state index is 13.7. The van der Waals surface area contributed by atoms with Crippen LogP contribution >= 0.6 is 0 Å². The summed E-state index contributed by atoms with van der Waals surface area (Å²) in [6.45, 7) is 4.45. The highest BCUT2D eigenvalue weighted by molar-refractivity contribution is 5.72. The lowest BCUT2D eigenvalue weighted by Gasteiger charge is -2.56. The van der Waals surface area contributed by atoms with Crippen LogP contribution in [-0.4, -0.2) is 58.8 Å². The molecule has 2 aromatic rings. The largest absolute Gasteiger partial charge is 0.351 e. The van der Waals surface area contributed by atoms with E-state index in [1.54, 1.807) is 0 Å². The fourth-order valence-electron chi connectivity index (χ4n) is 4.07. The first-order valence-corrected chi connectivity index (χ1v) is 8.45. The molecular weight excluding hydrogens is 295 g/mol. The lowest BCUT2D eigenvalue weighted by atomic mass is 9.80. The lowest BCUT2D eigenvalue weighted by Crippen LogP contribution is -2.76. The minimum absolute atomic E-state index is 0.325. The van der Waals surface area contributed by atoms with Crippen LogP contribution in [0.25, 0.3) is 5.52 Å². The molecule has 1 N–H and O–H groups in total. The molecule has 5 rings (SSSR count). The van der Waals surface area contributed by atoms with E-state index >= 15 is 0 Å². The van der Waals surface area contributed by atoms with Crippen LogP contribution in [0.1, 0.15) is 19.3 Å². The van der Waals surface area contributed by atoms with Crippen molar-refractivity contribution in [1.82, 2.24) is 19.7 Å². The SMILES string of the molecule is FC1CCCN(c2ncc3c(N4CC5(CCN5)C4)nccn23)C1. The van der Waals surface area contributed by atoms with Crippen LogP contribution < -0.4 is 15.1 Å². The van der Waals surface area contributed by atoms with Crippen molar-refractivity contribution in [3.63, 3.8) is 0 Å². The van der Waals surface area contributed by atoms with E-state index in [4.69, 9.17) is 0 Å². The van der Waals surface area contributed by atoms with Gasteiger partial charge in [0.25, 0.3) is 0 Å². The minimum atomic E-state index is -0.752. The number of aromatic nitrogens is 3. The number of piperidine rings is 1. The van der Waals surface area contributed by atoms with E-state index in [9.17, 15) is 4.39 Å². The predicted octanol–water partition coefficient (Wildman–Crippen LogP) is 1.22. The van der Waals surface area contributed by atoms with Gasteiger partial charge in [0.1, 0.15) is 11.7 Å². The van der Waals surface area contributed by atoms with Gasteiger partial charge in [-0.3, -0.25) is 4.40 Å². The third-order valence-electron chi connectivity index (χ3n) is 5.46. The van der Waals surface area contributed by atoms with Crippen molar-refractivity contribution in [2.45, 2.75) is 31.0 Å². The molecule has 3 aliphatic rings. The zero-order chi connectivity index (χ0) is 15.4. The van der Waals surface area contributed by atoms with E-state index in [1.807, 2.05) is 18.6 Å². The van der Waals surface area contributed by atoms with Gasteiger partial charge in [-0.15, -0.1) is 0 Å². The Bertz CT molecular complexity index is 731. The number of hydrogen-bond donors (Lipinski definition) is 1. The van der Waals surface area contributed by atoms with Crippen LogP contribution in [0.3, 0.4) is 0 Å². The second-order valence-electron chi connectivity index (χ2n) is 7.06. The van der Waals surface area contributed by atoms with E-state index in [-0.39, 0.29) is 0 Å². The maximum Gasteiger partial charge on any atom is 0.210 e. The van der Waals surface area contributed by atoms with E-state index in [1.165, 1.54) is 6.42 Å². The summed E-state index contributed by atoms with van der Waals surface area (Å²) in [6.07, 6.45) is 7.67. The number of anilines is 2. The third-order valence-corrected chi connectivity index (χ3v) is 5.46. The lowest BCUT2D eigenvalue weighted by molar-refractivity contribution is 0.159. The molecule has 0 saturated carbocycles. The zero-order valence-corrected chi connectivity index (χ0v) is 13.1. The maximum absolute atomic E-state index is 13.7. The Morgan fingerprint density at radius 1 is 1.26 bits per heavy atom. The van der Waals surface area contributed by atoms with Gasteiger partial charge < -0.3 is 15.1 Å². The second kappa shape index (κ2) is 4.80. The van der Waals surface area contributed by atoms with Gasteiger partial charge in [-0.1, -0.05) is 0 Å². The molecule has 0 amide bonds. The molecule has 1 spiro atoms. The fourth-order valence-corrected chi connectivity index (χ4v) is 4.07. The van der Waals surface area contributed by atoms with Crippen LogP contribution in [0.15, 0.2) is 18.6 Å². The third kappa shape index (κ3) is 2.02. The predicted molar refractivity (Wildman–Crippen MR) is 86.9 cm³/mol. The van der Waals surface area contributed by atoms with Crippen molar-refractivity contribution in [3.8, 4) is 0 Å². The highest BCUT2D eigenvalue weighted by atomic mass is 19.1. The molecule has 2 aromatic heterocycles. The van der Waals surface area contributed by atoms with Crippen LogP contribution in [0.2, 0.25) is 0 Å². The van der Waals surface area contributed by atoms with Gasteiger partial charge >= 0.3 is 0 Å². The van der Waals surface area contributed by atoms with Crippen molar-refractivity contribution < 1.29 is 4.39 Å². The number of rotatable bonds is 2. The average molecular weight is 316 g/mol. The van der Waals surface area contributed by atoms with Crippen molar-refractivity contribution in [3.05, 3.63) is 18.6 Å². The van der Waals surface area contributed by atoms with Gasteiger partial charge in [0.15, 0.2) is 5.82 Å². The molecule has 23 heavy (non-hydrogen) atoms. The summed E-state index contributed by atoms with van der Waals surface area (Å²) < 4.78 is 15.8.